The molecule has 428 valence electrons. The Balaban J connectivity index is 2.11. The fourth-order valence-corrected chi connectivity index (χ4v) is 8.75. The lowest BCUT2D eigenvalue weighted by atomic mass is 10.00. The topological polar surface area (TPSA) is 386 Å². The quantitative estimate of drug-likeness (QED) is 0.0500. The Kier molecular flexibility index (Phi) is 30.1. The van der Waals surface area contributed by atoms with E-state index >= 15 is 0 Å². The van der Waals surface area contributed by atoms with Crippen LogP contribution in [0.4, 0.5) is 0 Å². The van der Waals surface area contributed by atoms with Crippen molar-refractivity contribution < 1.29 is 48.3 Å². The molecular formula is C54H87N13O10. The van der Waals surface area contributed by atoms with Crippen molar-refractivity contribution in [3.05, 3.63) is 71.8 Å². The molecule has 0 radical (unpaired) electrons. The van der Waals surface area contributed by atoms with Crippen molar-refractivity contribution in [3.8, 4) is 0 Å². The first-order chi connectivity index (χ1) is 36.9. The zero-order valence-electron chi connectivity index (χ0n) is 45.1. The molecule has 9 atom stereocenters. The van der Waals surface area contributed by atoms with Gasteiger partial charge >= 0.3 is 0 Å². The van der Waals surface area contributed by atoms with Crippen LogP contribution in [0.1, 0.15) is 115 Å². The highest BCUT2D eigenvalue weighted by Crippen LogP contribution is 2.13. The number of aliphatic hydroxyl groups excluding tert-OH is 1. The highest BCUT2D eigenvalue weighted by Gasteiger charge is 2.35. The first-order valence-electron chi connectivity index (χ1n) is 27.2. The van der Waals surface area contributed by atoms with E-state index in [1.54, 1.807) is 60.7 Å². The molecule has 1 aliphatic heterocycles. The van der Waals surface area contributed by atoms with Gasteiger partial charge in [0.15, 0.2) is 0 Å². The van der Waals surface area contributed by atoms with E-state index < -0.39 is 108 Å². The predicted octanol–water partition coefficient (Wildman–Crippen LogP) is -1.58. The number of nitrogens with one attached hydrogen (secondary N) is 9. The number of carbonyl (C=O) groups excluding carboxylic acids is 9. The molecule has 0 saturated carbocycles. The molecule has 0 bridgehead atoms. The summed E-state index contributed by atoms with van der Waals surface area (Å²) >= 11 is 0. The average molecular weight is 1080 g/mol. The van der Waals surface area contributed by atoms with E-state index in [1.165, 1.54) is 0 Å². The van der Waals surface area contributed by atoms with Crippen molar-refractivity contribution in [3.63, 3.8) is 0 Å². The third-order valence-corrected chi connectivity index (χ3v) is 13.0. The Labute approximate surface area is 452 Å². The van der Waals surface area contributed by atoms with E-state index in [1.807, 2.05) is 13.8 Å². The monoisotopic (exact) mass is 1080 g/mol. The summed E-state index contributed by atoms with van der Waals surface area (Å²) in [6, 6.07) is 6.95. The molecule has 23 heteroatoms. The maximum Gasteiger partial charge on any atom is 0.243 e. The molecule has 1 saturated heterocycles. The van der Waals surface area contributed by atoms with Gasteiger partial charge in [0.2, 0.25) is 53.2 Å². The van der Waals surface area contributed by atoms with Gasteiger partial charge in [-0.05, 0) is 88.2 Å². The number of unbranched alkanes of at least 4 members (excludes halogenated alkanes) is 4. The SMILES string of the molecule is CCCCCCC[C@@H](O)CC(=O)N[C@H](CCN)C(=O)N[C@H]1CCNC(=O)[C@H](Cc2ccccc2)NC(=O)[C@H](CCN)NC(=O)[C@H](CCN)NC(=O)[C@H](CC(C)C)NC(=O)[C@@H](Cc2ccccc2)NC(=O)[C@H](CCN)NC1=O. The van der Waals surface area contributed by atoms with Crippen LogP contribution in [-0.4, -0.2) is 145 Å². The summed E-state index contributed by atoms with van der Waals surface area (Å²) in [6.45, 7) is 5.16. The average Bonchev–Trinajstić information content (AvgIpc) is 3.39. The number of nitrogens with two attached hydrogens (primary N) is 4. The molecule has 0 unspecified atom stereocenters. The van der Waals surface area contributed by atoms with Crippen LogP contribution in [0.15, 0.2) is 60.7 Å². The van der Waals surface area contributed by atoms with Gasteiger partial charge in [-0.15, -0.1) is 0 Å². The standard InChI is InChI=1S/C54H87N13O10/c1-4-5-6-7-14-19-37(68)33-46(69)60-38(20-25-55)48(71)64-42-24-29-59-47(70)44(31-35-15-10-8-11-16-35)66-50(73)40(22-27-57)61-49(72)39(21-26-56)63-53(76)43(30-34(2)3)65-54(77)45(32-36-17-12-9-13-18-36)67-51(74)41(23-28-58)62-52(42)75/h8-13,15-18,34,37-45,68H,4-7,14,19-33,55-58H2,1-3H3,(H,59,70)(H,60,69)(H,61,72)(H,62,75)(H,63,76)(H,64,71)(H,65,77)(H,66,73)(H,67,74)/t37-,38-,39+,40+,41+,42+,43+,44+,45-/m1/s1. The Hall–Kier alpha value is -6.53. The molecule has 0 aromatic heterocycles. The molecule has 2 aromatic carbocycles. The largest absolute Gasteiger partial charge is 0.393 e. The van der Waals surface area contributed by atoms with E-state index in [2.05, 4.69) is 54.8 Å². The van der Waals surface area contributed by atoms with Crippen LogP contribution in [0.5, 0.6) is 0 Å². The molecule has 0 aliphatic carbocycles. The fraction of sp³-hybridized carbons (Fsp3) is 0.611. The minimum atomic E-state index is -1.49. The van der Waals surface area contributed by atoms with Crippen LogP contribution >= 0.6 is 0 Å². The maximum absolute atomic E-state index is 14.5. The van der Waals surface area contributed by atoms with Gasteiger partial charge in [-0.25, -0.2) is 0 Å². The van der Waals surface area contributed by atoms with Crippen molar-refractivity contribution in [1.82, 2.24) is 47.9 Å². The van der Waals surface area contributed by atoms with E-state index in [-0.39, 0.29) is 96.4 Å². The lowest BCUT2D eigenvalue weighted by Gasteiger charge is -2.28. The predicted molar refractivity (Wildman–Crippen MR) is 292 cm³/mol. The van der Waals surface area contributed by atoms with Gasteiger partial charge in [0.25, 0.3) is 0 Å². The van der Waals surface area contributed by atoms with Crippen molar-refractivity contribution >= 4 is 53.2 Å². The van der Waals surface area contributed by atoms with Crippen LogP contribution < -0.4 is 70.8 Å². The summed E-state index contributed by atoms with van der Waals surface area (Å²) in [4.78, 5) is 127. The number of carbonyl (C=O) groups is 9. The number of hydrogen-bond acceptors (Lipinski definition) is 14. The second-order valence-electron chi connectivity index (χ2n) is 20.0. The highest BCUT2D eigenvalue weighted by molar-refractivity contribution is 5.98. The minimum absolute atomic E-state index is 0.0215. The number of amides is 9. The first kappa shape index (κ1) is 64.8. The Morgan fingerprint density at radius 1 is 0.571 bits per heavy atom. The molecule has 9 amide bonds. The van der Waals surface area contributed by atoms with Crippen LogP contribution in [-0.2, 0) is 56.0 Å². The van der Waals surface area contributed by atoms with Gasteiger partial charge in [0, 0.05) is 19.4 Å². The molecule has 1 fully saturated rings. The lowest BCUT2D eigenvalue weighted by Crippen LogP contribution is -2.61. The van der Waals surface area contributed by atoms with Crippen LogP contribution in [0.3, 0.4) is 0 Å². The highest BCUT2D eigenvalue weighted by atomic mass is 16.3. The fourth-order valence-electron chi connectivity index (χ4n) is 8.75. The molecule has 1 aliphatic rings. The molecule has 23 nitrogen and oxygen atoms in total. The smallest absolute Gasteiger partial charge is 0.243 e. The van der Waals surface area contributed by atoms with Crippen LogP contribution in [0.2, 0.25) is 0 Å². The second-order valence-corrected chi connectivity index (χ2v) is 20.0. The summed E-state index contributed by atoms with van der Waals surface area (Å²) in [5.41, 5.74) is 25.0. The molecule has 2 aromatic rings. The Morgan fingerprint density at radius 2 is 1.01 bits per heavy atom. The van der Waals surface area contributed by atoms with E-state index in [0.717, 1.165) is 32.1 Å². The van der Waals surface area contributed by atoms with E-state index in [9.17, 15) is 48.3 Å². The first-order valence-corrected chi connectivity index (χ1v) is 27.2. The van der Waals surface area contributed by atoms with Crippen LogP contribution in [0, 0.1) is 5.92 Å². The lowest BCUT2D eigenvalue weighted by molar-refractivity contribution is -0.136. The molecule has 18 N–H and O–H groups in total. The van der Waals surface area contributed by atoms with E-state index in [4.69, 9.17) is 22.9 Å². The van der Waals surface area contributed by atoms with E-state index in [0.29, 0.717) is 17.5 Å². The number of benzene rings is 2. The summed E-state index contributed by atoms with van der Waals surface area (Å²) in [6.07, 6.45) is 3.28. The second kappa shape index (κ2) is 35.7. The summed E-state index contributed by atoms with van der Waals surface area (Å²) in [7, 11) is 0. The van der Waals surface area contributed by atoms with Crippen molar-refractivity contribution in [2.24, 2.45) is 28.9 Å². The molecule has 3 rings (SSSR count). The van der Waals surface area contributed by atoms with Crippen molar-refractivity contribution in [1.29, 1.82) is 0 Å². The van der Waals surface area contributed by atoms with Gasteiger partial charge in [0.1, 0.15) is 48.3 Å². The molecule has 0 spiro atoms. The van der Waals surface area contributed by atoms with Crippen LogP contribution in [0.25, 0.3) is 0 Å². The van der Waals surface area contributed by atoms with Gasteiger partial charge in [-0.1, -0.05) is 114 Å². The zero-order chi connectivity index (χ0) is 56.7. The number of rotatable bonds is 25. The van der Waals surface area contributed by atoms with Crippen molar-refractivity contribution in [2.45, 2.75) is 172 Å². The zero-order valence-corrected chi connectivity index (χ0v) is 45.1. The van der Waals surface area contributed by atoms with Gasteiger partial charge in [0.05, 0.1) is 12.5 Å². The third-order valence-electron chi connectivity index (χ3n) is 13.0. The summed E-state index contributed by atoms with van der Waals surface area (Å²) < 4.78 is 0. The molecule has 1 heterocycles. The van der Waals surface area contributed by atoms with Gasteiger partial charge in [-0.3, -0.25) is 43.2 Å². The van der Waals surface area contributed by atoms with Crippen molar-refractivity contribution in [2.75, 3.05) is 32.7 Å². The minimum Gasteiger partial charge on any atom is -0.393 e. The third kappa shape index (κ3) is 24.1. The van der Waals surface area contributed by atoms with Gasteiger partial charge in [-0.2, -0.15) is 0 Å². The molecular weight excluding hydrogens is 991 g/mol. The number of hydrogen-bond donors (Lipinski definition) is 14. The Bertz CT molecular complexity index is 2170. The molecule has 77 heavy (non-hydrogen) atoms. The van der Waals surface area contributed by atoms with Gasteiger partial charge < -0.3 is 75.9 Å². The maximum atomic E-state index is 14.5. The summed E-state index contributed by atoms with van der Waals surface area (Å²) in [5.74, 6) is -7.09. The Morgan fingerprint density at radius 3 is 1.49 bits per heavy atom. The normalized spacial score (nSPS) is 22.5. The summed E-state index contributed by atoms with van der Waals surface area (Å²) in [5, 5.41) is 34.9. The number of aliphatic hydroxyl groups is 1.